The highest BCUT2D eigenvalue weighted by Crippen LogP contribution is 2.38. The predicted octanol–water partition coefficient (Wildman–Crippen LogP) is 5.40. The average molecular weight is 620 g/mol. The number of thiazole rings is 1. The van der Waals surface area contributed by atoms with Crippen molar-refractivity contribution >= 4 is 50.9 Å². The number of rotatable bonds is 8. The van der Waals surface area contributed by atoms with E-state index in [1.54, 1.807) is 38.1 Å². The summed E-state index contributed by atoms with van der Waals surface area (Å²) < 4.78 is 19.8. The Kier molecular flexibility index (Phi) is 8.80. The maximum absolute atomic E-state index is 13.9. The van der Waals surface area contributed by atoms with Crippen molar-refractivity contribution in [2.24, 2.45) is 4.99 Å². The molecule has 0 saturated carbocycles. The molecule has 200 valence electrons. The van der Waals surface area contributed by atoms with Gasteiger partial charge in [-0.1, -0.05) is 41.1 Å². The van der Waals surface area contributed by atoms with E-state index in [9.17, 15) is 9.59 Å². The minimum Gasteiger partial charge on any atom is -0.490 e. The Morgan fingerprint density at radius 3 is 2.63 bits per heavy atom. The predicted molar refractivity (Wildman–Crippen MR) is 153 cm³/mol. The van der Waals surface area contributed by atoms with Gasteiger partial charge in [-0.3, -0.25) is 9.36 Å². The van der Waals surface area contributed by atoms with E-state index in [0.717, 1.165) is 5.56 Å². The average Bonchev–Trinajstić information content (AvgIpc) is 3.15. The number of hydrogen-bond donors (Lipinski definition) is 0. The number of halogens is 2. The fraction of sp³-hybridized carbons (Fsp3) is 0.321. The number of carbonyl (C=O) groups excluding carboxylic acids is 1. The van der Waals surface area contributed by atoms with E-state index in [1.165, 1.54) is 15.9 Å². The van der Waals surface area contributed by atoms with Crippen molar-refractivity contribution in [3.8, 4) is 11.5 Å². The molecule has 10 heteroatoms. The Balaban J connectivity index is 1.92. The summed E-state index contributed by atoms with van der Waals surface area (Å²) in [6.45, 7) is 9.92. The van der Waals surface area contributed by atoms with E-state index >= 15 is 0 Å². The van der Waals surface area contributed by atoms with Crippen LogP contribution in [-0.2, 0) is 9.53 Å². The second-order valence-electron chi connectivity index (χ2n) is 8.75. The molecule has 0 aliphatic carbocycles. The molecule has 0 saturated heterocycles. The van der Waals surface area contributed by atoms with Crippen molar-refractivity contribution in [2.45, 2.75) is 46.8 Å². The van der Waals surface area contributed by atoms with E-state index in [4.69, 9.17) is 25.8 Å². The van der Waals surface area contributed by atoms with Crippen LogP contribution in [0.25, 0.3) is 6.08 Å². The van der Waals surface area contributed by atoms with Gasteiger partial charge in [-0.25, -0.2) is 9.79 Å². The van der Waals surface area contributed by atoms with Crippen molar-refractivity contribution in [2.75, 3.05) is 13.2 Å². The summed E-state index contributed by atoms with van der Waals surface area (Å²) in [7, 11) is 0. The van der Waals surface area contributed by atoms with Crippen molar-refractivity contribution < 1.29 is 19.0 Å². The molecule has 38 heavy (non-hydrogen) atoms. The number of carbonyl (C=O) groups is 1. The first-order chi connectivity index (χ1) is 18.2. The molecule has 0 spiro atoms. The molecule has 0 radical (unpaired) electrons. The maximum Gasteiger partial charge on any atom is 0.338 e. The van der Waals surface area contributed by atoms with Crippen LogP contribution in [0, 0.1) is 0 Å². The third kappa shape index (κ3) is 5.60. The van der Waals surface area contributed by atoms with Crippen LogP contribution < -0.4 is 24.4 Å². The Bertz CT molecular complexity index is 1590. The number of nitrogens with zero attached hydrogens (tertiary/aromatic N) is 2. The van der Waals surface area contributed by atoms with Gasteiger partial charge in [-0.2, -0.15) is 0 Å². The van der Waals surface area contributed by atoms with Crippen molar-refractivity contribution in [3.05, 3.63) is 88.0 Å². The summed E-state index contributed by atoms with van der Waals surface area (Å²) in [6.07, 6.45) is 1.74. The normalized spacial score (nSPS) is 15.4. The number of fused-ring (bicyclic) bond motifs is 1. The molecule has 0 fully saturated rings. The lowest BCUT2D eigenvalue weighted by Gasteiger charge is -2.25. The van der Waals surface area contributed by atoms with E-state index in [2.05, 4.69) is 20.9 Å². The van der Waals surface area contributed by atoms with E-state index in [-0.39, 0.29) is 23.8 Å². The molecule has 4 rings (SSSR count). The first-order valence-corrected chi connectivity index (χ1v) is 14.2. The summed E-state index contributed by atoms with van der Waals surface area (Å²) in [5, 5.41) is 0.439. The second kappa shape index (κ2) is 11.9. The smallest absolute Gasteiger partial charge is 0.338 e. The van der Waals surface area contributed by atoms with E-state index in [1.807, 2.05) is 39.0 Å². The summed E-state index contributed by atoms with van der Waals surface area (Å²) >= 11 is 11.4. The Morgan fingerprint density at radius 2 is 1.97 bits per heavy atom. The topological polar surface area (TPSA) is 79.1 Å². The molecule has 3 aromatic rings. The van der Waals surface area contributed by atoms with E-state index in [0.29, 0.717) is 48.2 Å². The minimum atomic E-state index is -0.770. The molecule has 0 bridgehead atoms. The number of ether oxygens (including phenoxy) is 3. The van der Waals surface area contributed by atoms with E-state index < -0.39 is 12.0 Å². The monoisotopic (exact) mass is 618 g/mol. The van der Waals surface area contributed by atoms with Gasteiger partial charge in [-0.15, -0.1) is 0 Å². The van der Waals surface area contributed by atoms with Gasteiger partial charge in [-0.05, 0) is 86.0 Å². The third-order valence-corrected chi connectivity index (χ3v) is 7.62. The Morgan fingerprint density at radius 1 is 1.24 bits per heavy atom. The molecule has 2 aromatic carbocycles. The highest BCUT2D eigenvalue weighted by Gasteiger charge is 2.34. The van der Waals surface area contributed by atoms with Crippen LogP contribution >= 0.6 is 38.9 Å². The molecular formula is C28H28BrClN2O5S. The molecule has 1 atom stereocenters. The third-order valence-electron chi connectivity index (χ3n) is 5.70. The minimum absolute atomic E-state index is 0.0401. The number of hydrogen-bond acceptors (Lipinski definition) is 7. The van der Waals surface area contributed by atoms with Crippen molar-refractivity contribution in [3.63, 3.8) is 0 Å². The Hall–Kier alpha value is -2.88. The van der Waals surface area contributed by atoms with Crippen molar-refractivity contribution in [1.29, 1.82) is 0 Å². The maximum atomic E-state index is 13.9. The summed E-state index contributed by atoms with van der Waals surface area (Å²) in [4.78, 5) is 32.0. The largest absolute Gasteiger partial charge is 0.490 e. The molecule has 7 nitrogen and oxygen atoms in total. The van der Waals surface area contributed by atoms with Crippen LogP contribution in [0.3, 0.4) is 0 Å². The highest BCUT2D eigenvalue weighted by molar-refractivity contribution is 9.10. The van der Waals surface area contributed by atoms with Crippen LogP contribution in [0.4, 0.5) is 0 Å². The highest BCUT2D eigenvalue weighted by atomic mass is 79.9. The molecule has 1 aliphatic heterocycles. The van der Waals surface area contributed by atoms with Crippen LogP contribution in [-0.4, -0.2) is 29.9 Å². The molecule has 1 aliphatic rings. The molecule has 1 aromatic heterocycles. The summed E-state index contributed by atoms with van der Waals surface area (Å²) in [6, 6.07) is 10.1. The number of allylic oxidation sites excluding steroid dienone is 1. The zero-order chi connectivity index (χ0) is 27.6. The quantitative estimate of drug-likeness (QED) is 0.316. The van der Waals surface area contributed by atoms with Gasteiger partial charge >= 0.3 is 5.97 Å². The molecule has 0 amide bonds. The van der Waals surface area contributed by atoms with Gasteiger partial charge in [0.2, 0.25) is 0 Å². The van der Waals surface area contributed by atoms with Crippen LogP contribution in [0.5, 0.6) is 11.5 Å². The fourth-order valence-corrected chi connectivity index (χ4v) is 6.06. The fourth-order valence-electron chi connectivity index (χ4n) is 4.22. The molecule has 2 heterocycles. The van der Waals surface area contributed by atoms with Gasteiger partial charge in [0.25, 0.3) is 5.56 Å². The van der Waals surface area contributed by atoms with Crippen LogP contribution in [0.2, 0.25) is 5.02 Å². The SMILES string of the molecule is CCOC(=O)C1=C(C)N=c2s/c(=C\c3cc(Br)c(OC(C)C)c(OCC)c3)c(=O)n2[C@@H]1c1ccccc1Cl. The van der Waals surface area contributed by atoms with Crippen LogP contribution in [0.15, 0.2) is 61.9 Å². The Labute approximate surface area is 238 Å². The van der Waals surface area contributed by atoms with Crippen LogP contribution in [0.1, 0.15) is 51.8 Å². The lowest BCUT2D eigenvalue weighted by molar-refractivity contribution is -0.139. The summed E-state index contributed by atoms with van der Waals surface area (Å²) in [5.41, 5.74) is 1.85. The summed E-state index contributed by atoms with van der Waals surface area (Å²) in [5.74, 6) is 0.650. The number of benzene rings is 2. The van der Waals surface area contributed by atoms with Gasteiger partial charge in [0, 0.05) is 5.02 Å². The first-order valence-electron chi connectivity index (χ1n) is 12.2. The molecule has 0 unspecified atom stereocenters. The lowest BCUT2D eigenvalue weighted by Crippen LogP contribution is -2.40. The van der Waals surface area contributed by atoms with Gasteiger partial charge in [0.05, 0.1) is 39.6 Å². The van der Waals surface area contributed by atoms with Gasteiger partial charge in [0.15, 0.2) is 16.3 Å². The standard InChI is InChI=1S/C28H28BrClN2O5S/c1-6-35-21-13-17(12-19(29)25(21)37-15(3)4)14-22-26(33)32-24(18-10-8-9-11-20(18)30)23(27(34)36-7-2)16(5)31-28(32)38-22/h8-15,24H,6-7H2,1-5H3/b22-14-/t24-/m1/s1. The zero-order valence-corrected chi connectivity index (χ0v) is 24.9. The lowest BCUT2D eigenvalue weighted by atomic mass is 9.96. The first kappa shape index (κ1) is 28.1. The zero-order valence-electron chi connectivity index (χ0n) is 21.7. The molecular weight excluding hydrogens is 592 g/mol. The van der Waals surface area contributed by atoms with Gasteiger partial charge in [0.1, 0.15) is 6.04 Å². The van der Waals surface area contributed by atoms with Gasteiger partial charge < -0.3 is 14.2 Å². The molecule has 0 N–H and O–H groups in total. The second-order valence-corrected chi connectivity index (χ2v) is 11.0. The number of aromatic nitrogens is 1. The van der Waals surface area contributed by atoms with Crippen molar-refractivity contribution in [1.82, 2.24) is 4.57 Å². The number of esters is 1.